The van der Waals surface area contributed by atoms with Gasteiger partial charge >= 0.3 is 0 Å². The van der Waals surface area contributed by atoms with Crippen molar-refractivity contribution in [3.05, 3.63) is 0 Å². The number of hydrogen-bond donors (Lipinski definition) is 1. The second-order valence-corrected chi connectivity index (χ2v) is 8.57. The molecule has 21 heavy (non-hydrogen) atoms. The molecule has 4 aliphatic carbocycles. The van der Waals surface area contributed by atoms with E-state index in [2.05, 4.69) is 20.8 Å². The van der Waals surface area contributed by atoms with Crippen LogP contribution in [0.4, 0.5) is 0 Å². The first kappa shape index (κ1) is 17.3. The molecule has 4 bridgehead atoms. The van der Waals surface area contributed by atoms with E-state index in [9.17, 15) is 0 Å². The van der Waals surface area contributed by atoms with Crippen LogP contribution in [0.25, 0.3) is 0 Å². The molecule has 0 amide bonds. The Morgan fingerprint density at radius 1 is 0.762 bits per heavy atom. The molecule has 124 valence electrons. The van der Waals surface area contributed by atoms with Gasteiger partial charge in [0.2, 0.25) is 0 Å². The Balaban J connectivity index is 0.00000161. The SMILES string of the molecule is CCCC12CC3CC(C1)CC(CCC)(C3)C2(N)CCC.O. The smallest absolute Gasteiger partial charge is 0.0268 e. The highest BCUT2D eigenvalue weighted by Gasteiger charge is 2.68. The third kappa shape index (κ3) is 2.20. The highest BCUT2D eigenvalue weighted by molar-refractivity contribution is 5.22. The summed E-state index contributed by atoms with van der Waals surface area (Å²) < 4.78 is 0. The highest BCUT2D eigenvalue weighted by Crippen LogP contribution is 2.72. The molecule has 0 unspecified atom stereocenters. The van der Waals surface area contributed by atoms with Crippen LogP contribution < -0.4 is 5.73 Å². The van der Waals surface area contributed by atoms with Crippen LogP contribution in [0.15, 0.2) is 0 Å². The van der Waals surface area contributed by atoms with E-state index in [0.717, 1.165) is 11.8 Å². The molecule has 0 atom stereocenters. The van der Waals surface area contributed by atoms with Crippen molar-refractivity contribution in [3.63, 3.8) is 0 Å². The third-order valence-corrected chi connectivity index (χ3v) is 7.38. The van der Waals surface area contributed by atoms with E-state index in [1.165, 1.54) is 70.6 Å². The van der Waals surface area contributed by atoms with Crippen molar-refractivity contribution < 1.29 is 5.48 Å². The lowest BCUT2D eigenvalue weighted by atomic mass is 9.34. The predicted octanol–water partition coefficient (Wildman–Crippen LogP) is 4.46. The summed E-state index contributed by atoms with van der Waals surface area (Å²) in [4.78, 5) is 0. The monoisotopic (exact) mass is 295 g/mol. The first-order valence-electron chi connectivity index (χ1n) is 9.33. The first-order valence-corrected chi connectivity index (χ1v) is 9.33. The molecular weight excluding hydrogens is 258 g/mol. The highest BCUT2D eigenvalue weighted by atomic mass is 16.0. The lowest BCUT2D eigenvalue weighted by Crippen LogP contribution is -2.74. The van der Waals surface area contributed by atoms with E-state index in [4.69, 9.17) is 5.73 Å². The van der Waals surface area contributed by atoms with Crippen molar-refractivity contribution in [3.8, 4) is 0 Å². The Kier molecular flexibility index (Phi) is 4.81. The summed E-state index contributed by atoms with van der Waals surface area (Å²) >= 11 is 0. The summed E-state index contributed by atoms with van der Waals surface area (Å²) in [7, 11) is 0. The molecular formula is C19H37NO. The van der Waals surface area contributed by atoms with Gasteiger partial charge in [0.05, 0.1) is 0 Å². The molecule has 4 N–H and O–H groups in total. The molecule has 0 aliphatic heterocycles. The van der Waals surface area contributed by atoms with E-state index in [1.807, 2.05) is 0 Å². The standard InChI is InChI=1S/C19H35N.H2O/c1-4-7-17-11-15-10-16(12-17)14-18(13-15,8-5-2)19(17,20)9-6-3;/h15-16H,4-14,20H2,1-3H3;1H2. The van der Waals surface area contributed by atoms with Crippen LogP contribution >= 0.6 is 0 Å². The number of nitrogens with two attached hydrogens (primary N) is 1. The van der Waals surface area contributed by atoms with Gasteiger partial charge in [-0.3, -0.25) is 0 Å². The van der Waals surface area contributed by atoms with Gasteiger partial charge in [-0.2, -0.15) is 0 Å². The minimum atomic E-state index is 0. The molecule has 4 aliphatic rings. The number of rotatable bonds is 6. The molecule has 0 heterocycles. The Labute approximate surface area is 131 Å². The molecule has 0 aromatic carbocycles. The van der Waals surface area contributed by atoms with E-state index in [1.54, 1.807) is 0 Å². The van der Waals surface area contributed by atoms with Gasteiger partial charge < -0.3 is 11.2 Å². The third-order valence-electron chi connectivity index (χ3n) is 7.38. The molecule has 0 aromatic heterocycles. The lowest BCUT2D eigenvalue weighted by molar-refractivity contribution is -0.192. The summed E-state index contributed by atoms with van der Waals surface area (Å²) in [6.45, 7) is 7.09. The van der Waals surface area contributed by atoms with Gasteiger partial charge in [-0.15, -0.1) is 0 Å². The molecule has 0 aromatic rings. The van der Waals surface area contributed by atoms with Gasteiger partial charge in [-0.1, -0.05) is 40.0 Å². The van der Waals surface area contributed by atoms with Crippen LogP contribution in [-0.4, -0.2) is 11.0 Å². The van der Waals surface area contributed by atoms with Crippen molar-refractivity contribution in [1.29, 1.82) is 0 Å². The molecule has 0 saturated heterocycles. The average molecular weight is 296 g/mol. The molecule has 4 saturated carbocycles. The minimum absolute atomic E-state index is 0. The quantitative estimate of drug-likeness (QED) is 0.773. The zero-order valence-electron chi connectivity index (χ0n) is 14.5. The normalized spacial score (nSPS) is 47.4. The van der Waals surface area contributed by atoms with E-state index < -0.39 is 0 Å². The van der Waals surface area contributed by atoms with Gasteiger partial charge in [0.25, 0.3) is 0 Å². The van der Waals surface area contributed by atoms with Gasteiger partial charge in [0.15, 0.2) is 0 Å². The van der Waals surface area contributed by atoms with E-state index in [-0.39, 0.29) is 11.0 Å². The van der Waals surface area contributed by atoms with Gasteiger partial charge in [0, 0.05) is 5.54 Å². The second kappa shape index (κ2) is 5.85. The molecule has 4 rings (SSSR count). The minimum Gasteiger partial charge on any atom is -0.412 e. The van der Waals surface area contributed by atoms with Crippen molar-refractivity contribution in [2.45, 2.75) is 96.9 Å². The summed E-state index contributed by atoms with van der Waals surface area (Å²) in [5.74, 6) is 2.02. The molecule has 0 radical (unpaired) electrons. The van der Waals surface area contributed by atoms with Crippen LogP contribution in [-0.2, 0) is 0 Å². The van der Waals surface area contributed by atoms with Crippen molar-refractivity contribution in [2.75, 3.05) is 0 Å². The van der Waals surface area contributed by atoms with Gasteiger partial charge in [-0.25, -0.2) is 0 Å². The molecule has 2 nitrogen and oxygen atoms in total. The maximum absolute atomic E-state index is 7.34. The molecule has 2 heteroatoms. The van der Waals surface area contributed by atoms with Gasteiger partial charge in [-0.05, 0) is 74.0 Å². The van der Waals surface area contributed by atoms with Crippen LogP contribution in [0.1, 0.15) is 91.4 Å². The fourth-order valence-corrected chi connectivity index (χ4v) is 7.35. The number of hydrogen-bond acceptors (Lipinski definition) is 1. The van der Waals surface area contributed by atoms with Crippen molar-refractivity contribution in [2.24, 2.45) is 28.4 Å². The molecule has 0 spiro atoms. The lowest BCUT2D eigenvalue weighted by Gasteiger charge is -2.72. The summed E-state index contributed by atoms with van der Waals surface area (Å²) in [6, 6.07) is 0. The van der Waals surface area contributed by atoms with Gasteiger partial charge in [0.1, 0.15) is 0 Å². The largest absolute Gasteiger partial charge is 0.412 e. The van der Waals surface area contributed by atoms with Crippen LogP contribution in [0.2, 0.25) is 0 Å². The molecule has 4 fully saturated rings. The summed E-state index contributed by atoms with van der Waals surface area (Å²) in [5, 5.41) is 0. The van der Waals surface area contributed by atoms with Crippen LogP contribution in [0, 0.1) is 22.7 Å². The van der Waals surface area contributed by atoms with Crippen molar-refractivity contribution >= 4 is 0 Å². The Hall–Kier alpha value is -0.0800. The average Bonchev–Trinajstić information content (AvgIpc) is 2.36. The maximum atomic E-state index is 7.34. The fraction of sp³-hybridized carbons (Fsp3) is 1.00. The topological polar surface area (TPSA) is 57.5 Å². The van der Waals surface area contributed by atoms with E-state index in [0.29, 0.717) is 10.8 Å². The van der Waals surface area contributed by atoms with Crippen molar-refractivity contribution in [1.82, 2.24) is 0 Å². The zero-order valence-corrected chi connectivity index (χ0v) is 14.5. The van der Waals surface area contributed by atoms with Crippen LogP contribution in [0.5, 0.6) is 0 Å². The summed E-state index contributed by atoms with van der Waals surface area (Å²) in [6.07, 6.45) is 15.3. The fourth-order valence-electron chi connectivity index (χ4n) is 7.35. The maximum Gasteiger partial charge on any atom is 0.0268 e. The second-order valence-electron chi connectivity index (χ2n) is 8.57. The van der Waals surface area contributed by atoms with Crippen LogP contribution in [0.3, 0.4) is 0 Å². The van der Waals surface area contributed by atoms with E-state index >= 15 is 0 Å². The zero-order chi connectivity index (χ0) is 14.4. The Morgan fingerprint density at radius 2 is 1.14 bits per heavy atom. The Morgan fingerprint density at radius 3 is 1.48 bits per heavy atom. The summed E-state index contributed by atoms with van der Waals surface area (Å²) in [5.41, 5.74) is 8.49. The Bertz CT molecular complexity index is 325. The first-order chi connectivity index (χ1) is 9.55. The predicted molar refractivity (Wildman–Crippen MR) is 90.2 cm³/mol.